The van der Waals surface area contributed by atoms with Crippen molar-refractivity contribution in [1.82, 2.24) is 15.8 Å². The fraction of sp³-hybridized carbons (Fsp3) is 0.238. The van der Waals surface area contributed by atoms with Crippen molar-refractivity contribution in [3.05, 3.63) is 76.5 Å². The van der Waals surface area contributed by atoms with Crippen molar-refractivity contribution in [3.8, 4) is 0 Å². The summed E-state index contributed by atoms with van der Waals surface area (Å²) in [6.07, 6.45) is -5.63. The second kappa shape index (κ2) is 7.90. The van der Waals surface area contributed by atoms with Gasteiger partial charge in [-0.3, -0.25) is 9.59 Å². The van der Waals surface area contributed by atoms with E-state index in [0.29, 0.717) is 5.56 Å². The molecule has 2 aliphatic rings. The number of fused-ring (bicyclic) bond motifs is 1. The second-order valence-electron chi connectivity index (χ2n) is 7.28. The molecular weight excluding hydrogens is 433 g/mol. The van der Waals surface area contributed by atoms with E-state index in [1.165, 1.54) is 6.92 Å². The number of carbonyl (C=O) groups excluding carboxylic acids is 2. The second-order valence-corrected chi connectivity index (χ2v) is 7.69. The molecule has 3 N–H and O–H groups in total. The Morgan fingerprint density at radius 1 is 1.10 bits per heavy atom. The normalized spacial score (nSPS) is 23.5. The first kappa shape index (κ1) is 21.2. The summed E-state index contributed by atoms with van der Waals surface area (Å²) in [5.74, 6) is -2.72. The number of allylic oxidation sites excluding steroid dienone is 1. The van der Waals surface area contributed by atoms with Crippen molar-refractivity contribution in [3.63, 3.8) is 0 Å². The summed E-state index contributed by atoms with van der Waals surface area (Å²) in [4.78, 5) is 25.9. The molecule has 4 rings (SSSR count). The summed E-state index contributed by atoms with van der Waals surface area (Å²) in [6, 6.07) is 12.6. The first-order chi connectivity index (χ1) is 14.7. The zero-order valence-corrected chi connectivity index (χ0v) is 17.0. The number of benzene rings is 2. The molecule has 10 heteroatoms. The van der Waals surface area contributed by atoms with Crippen LogP contribution in [0.1, 0.15) is 18.4 Å². The zero-order valence-electron chi connectivity index (χ0n) is 16.2. The van der Waals surface area contributed by atoms with E-state index in [1.54, 1.807) is 54.6 Å². The lowest BCUT2D eigenvalue weighted by molar-refractivity contribution is -0.161. The van der Waals surface area contributed by atoms with E-state index in [0.717, 1.165) is 5.01 Å². The van der Waals surface area contributed by atoms with Gasteiger partial charge < -0.3 is 10.6 Å². The highest BCUT2D eigenvalue weighted by molar-refractivity contribution is 6.34. The molecule has 31 heavy (non-hydrogen) atoms. The van der Waals surface area contributed by atoms with Crippen LogP contribution in [0.15, 0.2) is 65.9 Å². The van der Waals surface area contributed by atoms with Crippen molar-refractivity contribution >= 4 is 29.1 Å². The Bertz CT molecular complexity index is 1060. The number of halogens is 4. The van der Waals surface area contributed by atoms with E-state index < -0.39 is 36.1 Å². The predicted molar refractivity (Wildman–Crippen MR) is 109 cm³/mol. The number of amides is 2. The Hall–Kier alpha value is -3.04. The van der Waals surface area contributed by atoms with E-state index >= 15 is 0 Å². The van der Waals surface area contributed by atoms with Gasteiger partial charge in [-0.25, -0.2) is 10.4 Å². The Kier molecular flexibility index (Phi) is 5.40. The molecule has 2 aromatic carbocycles. The molecular formula is C21H18ClF3N4O2. The van der Waals surface area contributed by atoms with Crippen molar-refractivity contribution < 1.29 is 22.8 Å². The van der Waals surface area contributed by atoms with Crippen molar-refractivity contribution in [1.29, 1.82) is 0 Å². The van der Waals surface area contributed by atoms with Crippen LogP contribution in [0.2, 0.25) is 5.02 Å². The summed E-state index contributed by atoms with van der Waals surface area (Å²) in [5.41, 5.74) is 2.86. The van der Waals surface area contributed by atoms with E-state index in [1.807, 2.05) is 0 Å². The minimum atomic E-state index is -4.62. The molecule has 0 aliphatic carbocycles. The number of carbonyl (C=O) groups is 2. The van der Waals surface area contributed by atoms with Crippen LogP contribution in [0.3, 0.4) is 0 Å². The Labute approximate surface area is 181 Å². The monoisotopic (exact) mass is 450 g/mol. The SMILES string of the molecule is CC1=C(C(=O)Nc2ccccc2Cl)C(=O)N2NC(C(F)(F)F)C(c3ccccc3)C2N1. The van der Waals surface area contributed by atoms with Gasteiger partial charge in [0.05, 0.1) is 16.6 Å². The van der Waals surface area contributed by atoms with Crippen LogP contribution >= 0.6 is 11.6 Å². The molecule has 2 heterocycles. The average molecular weight is 451 g/mol. The molecule has 0 aromatic heterocycles. The summed E-state index contributed by atoms with van der Waals surface area (Å²) in [5, 5.41) is 6.58. The van der Waals surface area contributed by atoms with E-state index in [2.05, 4.69) is 16.1 Å². The van der Waals surface area contributed by atoms with E-state index in [-0.39, 0.29) is 22.0 Å². The zero-order chi connectivity index (χ0) is 22.3. The van der Waals surface area contributed by atoms with Crippen LogP contribution in [0.25, 0.3) is 0 Å². The van der Waals surface area contributed by atoms with Crippen molar-refractivity contribution in [2.24, 2.45) is 0 Å². The number of hydrogen-bond acceptors (Lipinski definition) is 4. The third kappa shape index (κ3) is 3.86. The third-order valence-corrected chi connectivity index (χ3v) is 5.64. The summed E-state index contributed by atoms with van der Waals surface area (Å²) in [6.45, 7) is 1.49. The molecule has 1 saturated heterocycles. The minimum absolute atomic E-state index is 0.182. The first-order valence-electron chi connectivity index (χ1n) is 9.43. The van der Waals surface area contributed by atoms with Gasteiger partial charge in [0.25, 0.3) is 11.8 Å². The van der Waals surface area contributed by atoms with E-state index in [4.69, 9.17) is 11.6 Å². The van der Waals surface area contributed by atoms with Crippen molar-refractivity contribution in [2.75, 3.05) is 5.32 Å². The molecule has 0 spiro atoms. The fourth-order valence-corrected chi connectivity index (χ4v) is 4.09. The Morgan fingerprint density at radius 3 is 2.39 bits per heavy atom. The van der Waals surface area contributed by atoms with E-state index in [9.17, 15) is 22.8 Å². The third-order valence-electron chi connectivity index (χ3n) is 5.31. The molecule has 6 nitrogen and oxygen atoms in total. The molecule has 3 atom stereocenters. The maximum Gasteiger partial charge on any atom is 0.406 e. The van der Waals surface area contributed by atoms with Crippen LogP contribution < -0.4 is 16.1 Å². The highest BCUT2D eigenvalue weighted by Gasteiger charge is 2.58. The number of rotatable bonds is 3. The van der Waals surface area contributed by atoms with Gasteiger partial charge in [0.2, 0.25) is 0 Å². The quantitative estimate of drug-likeness (QED) is 0.625. The molecule has 0 saturated carbocycles. The van der Waals surface area contributed by atoms with Gasteiger partial charge in [-0.2, -0.15) is 13.2 Å². The molecule has 2 amide bonds. The lowest BCUT2D eigenvalue weighted by Crippen LogP contribution is -2.56. The molecule has 162 valence electrons. The molecule has 1 fully saturated rings. The molecule has 2 aliphatic heterocycles. The maximum atomic E-state index is 13.8. The number of hydrogen-bond donors (Lipinski definition) is 3. The standard InChI is InChI=1S/C21H18ClF3N4O2/c1-11-15(19(30)27-14-10-6-5-9-13(14)22)20(31)29-18(26-11)16(12-7-3-2-4-8-12)17(28-29)21(23,24)25/h2-10,16-18,26,28H,1H3,(H,27,30). The van der Waals surface area contributed by atoms with Gasteiger partial charge in [-0.05, 0) is 24.6 Å². The number of alkyl halides is 3. The Balaban J connectivity index is 1.67. The largest absolute Gasteiger partial charge is 0.406 e. The van der Waals surface area contributed by atoms with Gasteiger partial charge in [0, 0.05) is 5.70 Å². The molecule has 0 radical (unpaired) electrons. The first-order valence-corrected chi connectivity index (χ1v) is 9.81. The topological polar surface area (TPSA) is 73.5 Å². The van der Waals surface area contributed by atoms with Crippen LogP contribution in [0, 0.1) is 0 Å². The predicted octanol–water partition coefficient (Wildman–Crippen LogP) is 3.54. The lowest BCUT2D eigenvalue weighted by Gasteiger charge is -2.34. The van der Waals surface area contributed by atoms with Crippen LogP contribution in [-0.2, 0) is 9.59 Å². The van der Waals surface area contributed by atoms with Crippen LogP contribution in [-0.4, -0.2) is 35.2 Å². The van der Waals surface area contributed by atoms with Gasteiger partial charge in [-0.1, -0.05) is 54.1 Å². The fourth-order valence-electron chi connectivity index (χ4n) is 3.91. The number of hydrazine groups is 1. The average Bonchev–Trinajstić information content (AvgIpc) is 3.10. The summed E-state index contributed by atoms with van der Waals surface area (Å²) >= 11 is 6.05. The number of para-hydroxylation sites is 1. The molecule has 3 unspecified atom stereocenters. The van der Waals surface area contributed by atoms with Crippen LogP contribution in [0.5, 0.6) is 0 Å². The number of anilines is 1. The molecule has 2 aromatic rings. The van der Waals surface area contributed by atoms with Gasteiger partial charge in [0.1, 0.15) is 17.8 Å². The minimum Gasteiger partial charge on any atom is -0.366 e. The van der Waals surface area contributed by atoms with Crippen molar-refractivity contribution in [2.45, 2.75) is 31.2 Å². The number of nitrogens with zero attached hydrogens (tertiary/aromatic N) is 1. The van der Waals surface area contributed by atoms with Gasteiger partial charge in [-0.15, -0.1) is 0 Å². The highest BCUT2D eigenvalue weighted by atomic mass is 35.5. The van der Waals surface area contributed by atoms with Gasteiger partial charge in [0.15, 0.2) is 0 Å². The summed E-state index contributed by atoms with van der Waals surface area (Å²) < 4.78 is 41.4. The highest BCUT2D eigenvalue weighted by Crippen LogP contribution is 2.41. The Morgan fingerprint density at radius 2 is 1.74 bits per heavy atom. The van der Waals surface area contributed by atoms with Crippen LogP contribution in [0.4, 0.5) is 18.9 Å². The lowest BCUT2D eigenvalue weighted by atomic mass is 9.89. The van der Waals surface area contributed by atoms with Gasteiger partial charge >= 0.3 is 6.18 Å². The smallest absolute Gasteiger partial charge is 0.366 e. The molecule has 0 bridgehead atoms. The number of nitrogens with one attached hydrogen (secondary N) is 3. The maximum absolute atomic E-state index is 13.8. The summed E-state index contributed by atoms with van der Waals surface area (Å²) in [7, 11) is 0.